The van der Waals surface area contributed by atoms with Crippen molar-refractivity contribution >= 4 is 17.3 Å². The van der Waals surface area contributed by atoms with E-state index < -0.39 is 11.9 Å². The molecule has 3 rings (SSSR count). The molecule has 0 unspecified atom stereocenters. The van der Waals surface area contributed by atoms with Gasteiger partial charge < -0.3 is 9.47 Å². The average molecular weight is 378 g/mol. The zero-order valence-electron chi connectivity index (χ0n) is 16.6. The Bertz CT molecular complexity index is 880. The maximum Gasteiger partial charge on any atom is 0.317 e. The van der Waals surface area contributed by atoms with Gasteiger partial charge in [0, 0.05) is 5.92 Å². The molecule has 0 aromatic heterocycles. The van der Waals surface area contributed by atoms with E-state index in [9.17, 15) is 9.59 Å². The van der Waals surface area contributed by atoms with E-state index in [4.69, 9.17) is 9.47 Å². The molecule has 28 heavy (non-hydrogen) atoms. The van der Waals surface area contributed by atoms with E-state index in [0.717, 1.165) is 23.1 Å². The molecule has 1 aliphatic carbocycles. The first kappa shape index (κ1) is 19.9. The lowest BCUT2D eigenvalue weighted by Crippen LogP contribution is -2.34. The second-order valence-corrected chi connectivity index (χ2v) is 6.90. The Hall–Kier alpha value is -2.88. The van der Waals surface area contributed by atoms with Gasteiger partial charge in [-0.05, 0) is 54.2 Å². The molecule has 146 valence electrons. The fourth-order valence-electron chi connectivity index (χ4n) is 3.80. The van der Waals surface area contributed by atoms with Crippen molar-refractivity contribution < 1.29 is 19.1 Å². The maximum atomic E-state index is 13.0. The lowest BCUT2D eigenvalue weighted by atomic mass is 9.73. The number of para-hydroxylation sites is 1. The molecule has 0 saturated carbocycles. The molecule has 0 N–H and O–H groups in total. The van der Waals surface area contributed by atoms with Crippen molar-refractivity contribution in [1.82, 2.24) is 0 Å². The van der Waals surface area contributed by atoms with Crippen LogP contribution in [-0.2, 0) is 20.7 Å². The molecule has 2 atom stereocenters. The number of ether oxygens (including phenoxy) is 2. The minimum atomic E-state index is -0.852. The number of hydrogen-bond donors (Lipinski definition) is 0. The van der Waals surface area contributed by atoms with Crippen molar-refractivity contribution in [2.24, 2.45) is 5.92 Å². The lowest BCUT2D eigenvalue weighted by Gasteiger charge is -2.30. The van der Waals surface area contributed by atoms with Crippen molar-refractivity contribution in [2.45, 2.75) is 32.6 Å². The van der Waals surface area contributed by atoms with Crippen molar-refractivity contribution in [3.63, 3.8) is 0 Å². The topological polar surface area (TPSA) is 52.6 Å². The van der Waals surface area contributed by atoms with Crippen LogP contribution in [0.2, 0.25) is 0 Å². The van der Waals surface area contributed by atoms with E-state index in [0.29, 0.717) is 12.2 Å². The molecule has 4 nitrogen and oxygen atoms in total. The minimum Gasteiger partial charge on any atom is -0.496 e. The van der Waals surface area contributed by atoms with Crippen LogP contribution in [0.4, 0.5) is 0 Å². The summed E-state index contributed by atoms with van der Waals surface area (Å²) in [6.45, 7) is 4.11. The number of methoxy groups -OCH3 is 1. The summed E-state index contributed by atoms with van der Waals surface area (Å²) in [7, 11) is 1.60. The number of hydrogen-bond acceptors (Lipinski definition) is 4. The number of carbonyl (C=O) groups excluding carboxylic acids is 2. The molecule has 1 aliphatic rings. The van der Waals surface area contributed by atoms with Gasteiger partial charge in [-0.2, -0.15) is 0 Å². The van der Waals surface area contributed by atoms with Gasteiger partial charge in [-0.15, -0.1) is 0 Å². The Morgan fingerprint density at radius 3 is 2.43 bits per heavy atom. The molecule has 0 bridgehead atoms. The summed E-state index contributed by atoms with van der Waals surface area (Å²) in [6, 6.07) is 15.8. The molecular weight excluding hydrogens is 352 g/mol. The number of aryl methyl sites for hydroxylation is 1. The third-order valence-corrected chi connectivity index (χ3v) is 5.28. The number of allylic oxidation sites excluding steroid dienone is 2. The van der Waals surface area contributed by atoms with E-state index in [-0.39, 0.29) is 18.3 Å². The summed E-state index contributed by atoms with van der Waals surface area (Å²) in [6.07, 6.45) is 3.14. The number of rotatable bonds is 6. The first-order valence-corrected chi connectivity index (χ1v) is 9.72. The van der Waals surface area contributed by atoms with Gasteiger partial charge in [0.15, 0.2) is 5.78 Å². The number of carbonyl (C=O) groups is 2. The van der Waals surface area contributed by atoms with Gasteiger partial charge in [0.2, 0.25) is 0 Å². The Morgan fingerprint density at radius 2 is 1.79 bits per heavy atom. The van der Waals surface area contributed by atoms with Crippen LogP contribution in [-0.4, -0.2) is 25.5 Å². The van der Waals surface area contributed by atoms with Crippen LogP contribution in [0.15, 0.2) is 54.6 Å². The van der Waals surface area contributed by atoms with E-state index in [2.05, 4.69) is 19.1 Å². The predicted molar refractivity (Wildman–Crippen MR) is 109 cm³/mol. The van der Waals surface area contributed by atoms with E-state index in [1.807, 2.05) is 36.4 Å². The molecule has 0 radical (unpaired) electrons. The summed E-state index contributed by atoms with van der Waals surface area (Å²) in [5, 5.41) is 0. The number of esters is 1. The third-order valence-electron chi connectivity index (χ3n) is 5.28. The molecular formula is C24H26O4. The highest BCUT2D eigenvalue weighted by molar-refractivity contribution is 6.10. The zero-order valence-corrected chi connectivity index (χ0v) is 16.6. The lowest BCUT2D eigenvalue weighted by molar-refractivity contribution is -0.151. The van der Waals surface area contributed by atoms with Gasteiger partial charge >= 0.3 is 5.97 Å². The Labute approximate surface area is 166 Å². The van der Waals surface area contributed by atoms with Crippen LogP contribution in [0.5, 0.6) is 5.75 Å². The van der Waals surface area contributed by atoms with Crippen molar-refractivity contribution in [2.75, 3.05) is 13.7 Å². The first-order chi connectivity index (χ1) is 13.6. The summed E-state index contributed by atoms with van der Waals surface area (Å²) in [5.41, 5.74) is 4.04. The second-order valence-electron chi connectivity index (χ2n) is 6.90. The van der Waals surface area contributed by atoms with Gasteiger partial charge in [-0.1, -0.05) is 49.4 Å². The van der Waals surface area contributed by atoms with Gasteiger partial charge in [0.25, 0.3) is 0 Å². The van der Waals surface area contributed by atoms with Crippen LogP contribution < -0.4 is 4.74 Å². The van der Waals surface area contributed by atoms with Crippen LogP contribution in [0.1, 0.15) is 42.9 Å². The van der Waals surface area contributed by atoms with Crippen LogP contribution >= 0.6 is 0 Å². The maximum absolute atomic E-state index is 13.0. The Morgan fingerprint density at radius 1 is 1.07 bits per heavy atom. The first-order valence-electron chi connectivity index (χ1n) is 9.72. The molecule has 2 aromatic rings. The third kappa shape index (κ3) is 4.01. The van der Waals surface area contributed by atoms with Gasteiger partial charge in [0.1, 0.15) is 11.7 Å². The molecule has 0 aliphatic heterocycles. The monoisotopic (exact) mass is 378 g/mol. The predicted octanol–water partition coefficient (Wildman–Crippen LogP) is 4.58. The van der Waals surface area contributed by atoms with Crippen molar-refractivity contribution in [3.05, 3.63) is 71.3 Å². The normalized spacial score (nSPS) is 19.1. The number of benzene rings is 2. The van der Waals surface area contributed by atoms with Crippen molar-refractivity contribution in [3.8, 4) is 5.75 Å². The quantitative estimate of drug-likeness (QED) is 0.545. The SMILES string of the molecule is CCOC(=O)[C@H]1C(=O)C=C(c2ccc(CC)cc2)C[C@@H]1c1ccccc1OC. The summed E-state index contributed by atoms with van der Waals surface area (Å²) < 4.78 is 10.7. The summed E-state index contributed by atoms with van der Waals surface area (Å²) in [5.74, 6) is -1.18. The molecule has 0 saturated heterocycles. The van der Waals surface area contributed by atoms with Crippen LogP contribution in [0.25, 0.3) is 5.57 Å². The van der Waals surface area contributed by atoms with Crippen molar-refractivity contribution in [1.29, 1.82) is 0 Å². The molecule has 0 heterocycles. The molecule has 2 aromatic carbocycles. The second kappa shape index (κ2) is 8.87. The smallest absolute Gasteiger partial charge is 0.317 e. The fraction of sp³-hybridized carbons (Fsp3) is 0.333. The standard InChI is InChI=1S/C24H26O4/c1-4-16-10-12-17(13-11-16)18-14-20(19-8-6-7-9-22(19)27-3)23(21(25)15-18)24(26)28-5-2/h6-13,15,20,23H,4-5,14H2,1-3H3/t20-,23-/m1/s1. The fourth-order valence-corrected chi connectivity index (χ4v) is 3.80. The Balaban J connectivity index is 2.04. The highest BCUT2D eigenvalue weighted by Gasteiger charge is 2.40. The molecule has 4 heteroatoms. The van der Waals surface area contributed by atoms with Gasteiger partial charge in [0.05, 0.1) is 13.7 Å². The van der Waals surface area contributed by atoms with E-state index in [1.54, 1.807) is 20.1 Å². The number of ketones is 1. The minimum absolute atomic E-state index is 0.213. The van der Waals surface area contributed by atoms with E-state index in [1.165, 1.54) is 5.56 Å². The van der Waals surface area contributed by atoms with Crippen LogP contribution in [0, 0.1) is 5.92 Å². The summed E-state index contributed by atoms with van der Waals surface area (Å²) in [4.78, 5) is 25.6. The Kier molecular flexibility index (Phi) is 6.30. The van der Waals surface area contributed by atoms with Crippen LogP contribution in [0.3, 0.4) is 0 Å². The van der Waals surface area contributed by atoms with Gasteiger partial charge in [-0.25, -0.2) is 0 Å². The van der Waals surface area contributed by atoms with Gasteiger partial charge in [-0.3, -0.25) is 9.59 Å². The zero-order chi connectivity index (χ0) is 20.1. The average Bonchev–Trinajstić information content (AvgIpc) is 2.73. The highest BCUT2D eigenvalue weighted by atomic mass is 16.5. The largest absolute Gasteiger partial charge is 0.496 e. The summed E-state index contributed by atoms with van der Waals surface area (Å²) >= 11 is 0. The molecule has 0 amide bonds. The molecule has 0 fully saturated rings. The molecule has 0 spiro atoms. The van der Waals surface area contributed by atoms with E-state index >= 15 is 0 Å². The highest BCUT2D eigenvalue weighted by Crippen LogP contribution is 2.43.